The van der Waals surface area contributed by atoms with Gasteiger partial charge in [0.25, 0.3) is 0 Å². The molecule has 1 aromatic carbocycles. The van der Waals surface area contributed by atoms with Crippen molar-refractivity contribution in [3.63, 3.8) is 0 Å². The van der Waals surface area contributed by atoms with E-state index in [1.165, 1.54) is 19.2 Å². The lowest BCUT2D eigenvalue weighted by atomic mass is 9.71. The molecule has 4 N–H and O–H groups in total. The molecule has 0 amide bonds. The van der Waals surface area contributed by atoms with Gasteiger partial charge in [-0.05, 0) is 90.0 Å². The molecule has 82 heavy (non-hydrogen) atoms. The Morgan fingerprint density at radius 3 is 2.28 bits per heavy atom. The molecule has 4 saturated heterocycles. The van der Waals surface area contributed by atoms with Gasteiger partial charge >= 0.3 is 5.97 Å². The highest BCUT2D eigenvalue weighted by molar-refractivity contribution is 5.88. The van der Waals surface area contributed by atoms with Crippen LogP contribution in [0.5, 0.6) is 11.5 Å². The van der Waals surface area contributed by atoms with Crippen molar-refractivity contribution >= 4 is 16.9 Å². The number of carbonyl (C=O) groups excluding carboxylic acids is 1. The molecule has 7 aliphatic rings. The monoisotopic (exact) mass is 1150 g/mol. The lowest BCUT2D eigenvalue weighted by Gasteiger charge is -2.48. The minimum atomic E-state index is -1.84. The first-order valence-electron chi connectivity index (χ1n) is 29.3. The molecule has 7 heterocycles. The van der Waals surface area contributed by atoms with Crippen LogP contribution in [-0.4, -0.2) is 152 Å². The van der Waals surface area contributed by atoms with Crippen LogP contribution in [0.4, 0.5) is 0 Å². The summed E-state index contributed by atoms with van der Waals surface area (Å²) in [6.45, 7) is 21.8. The van der Waals surface area contributed by atoms with Gasteiger partial charge < -0.3 is 76.9 Å². The van der Waals surface area contributed by atoms with Crippen LogP contribution in [0.1, 0.15) is 119 Å². The number of esters is 1. The molecule has 20 atom stereocenters. The number of allylic oxidation sites excluding steroid dienone is 4. The molecule has 18 nitrogen and oxygen atoms in total. The molecular formula is C64H90O18. The first-order valence-corrected chi connectivity index (χ1v) is 29.3. The predicted molar refractivity (Wildman–Crippen MR) is 306 cm³/mol. The molecule has 9 rings (SSSR count). The minimum Gasteiger partial charge on any atom is -0.507 e. The number of ether oxygens (including phenoxy) is 11. The molecular weight excluding hydrogens is 1060 g/mol. The maximum absolute atomic E-state index is 14.3. The zero-order valence-corrected chi connectivity index (χ0v) is 50.3. The maximum Gasteiger partial charge on any atom is 0.316 e. The number of benzene rings is 1. The standard InChI is InChI=1S/C48H72O14.C16H18O4/c1-11-25(2)43-28(5)17-18-47(62-43)23-34-20-33(61-47)16-15-27(4)42(26(3)13-12-14-32-24-55-45-40(49)29(6)19-35(46(51)58-34)48(32,45)52)59-39-22-37(54-10)44(31(8)57-39)60-38-21-36(53-9)41(50)30(7)56-38;1-9(2)5-6-11-14(19-4)8-13(18)15-12(17)7-10(3)20-16(11)15/h12-15,17-19,25-26,28,30-31,33-45,49-50,52H,11,16,20-24H2,1-10H3;5,7-8,18H,6H2,1-4H3. The van der Waals surface area contributed by atoms with Gasteiger partial charge in [0.1, 0.15) is 70.3 Å². The Labute approximate surface area is 483 Å². The summed E-state index contributed by atoms with van der Waals surface area (Å²) in [7, 11) is 4.75. The zero-order chi connectivity index (χ0) is 59.5. The molecule has 20 unspecified atom stereocenters. The number of aliphatic hydroxyl groups excluding tert-OH is 2. The third-order valence-corrected chi connectivity index (χ3v) is 17.6. The number of hydrogen-bond donors (Lipinski definition) is 4. The molecule has 0 saturated carbocycles. The van der Waals surface area contributed by atoms with E-state index in [2.05, 4.69) is 39.8 Å². The Kier molecular flexibility index (Phi) is 20.7. The van der Waals surface area contributed by atoms with Crippen LogP contribution in [0.25, 0.3) is 11.0 Å². The van der Waals surface area contributed by atoms with E-state index < -0.39 is 90.8 Å². The average Bonchev–Trinajstić information content (AvgIpc) is 3.67. The summed E-state index contributed by atoms with van der Waals surface area (Å²) in [6, 6.07) is 2.84. The van der Waals surface area contributed by atoms with Crippen molar-refractivity contribution in [2.45, 2.75) is 218 Å². The lowest BCUT2D eigenvalue weighted by molar-refractivity contribution is -0.318. The number of methoxy groups -OCH3 is 3. The molecule has 454 valence electrons. The maximum atomic E-state index is 14.3. The number of aromatic hydroxyl groups is 1. The summed E-state index contributed by atoms with van der Waals surface area (Å²) in [5, 5.41) is 44.4. The largest absolute Gasteiger partial charge is 0.507 e. The van der Waals surface area contributed by atoms with Crippen molar-refractivity contribution in [2.24, 2.45) is 23.7 Å². The van der Waals surface area contributed by atoms with Crippen molar-refractivity contribution in [2.75, 3.05) is 27.9 Å². The van der Waals surface area contributed by atoms with Crippen molar-refractivity contribution < 1.29 is 81.7 Å². The van der Waals surface area contributed by atoms with Crippen molar-refractivity contribution in [3.05, 3.63) is 105 Å². The lowest BCUT2D eigenvalue weighted by Crippen LogP contribution is -2.58. The normalized spacial score (nSPS) is 38.1. The first kappa shape index (κ1) is 63.5. The Bertz CT molecular complexity index is 2810. The van der Waals surface area contributed by atoms with Crippen LogP contribution in [0.2, 0.25) is 0 Å². The van der Waals surface area contributed by atoms with Gasteiger partial charge in [-0.2, -0.15) is 0 Å². The molecule has 0 radical (unpaired) electrons. The van der Waals surface area contributed by atoms with Crippen LogP contribution < -0.4 is 10.2 Å². The van der Waals surface area contributed by atoms with Gasteiger partial charge in [0.15, 0.2) is 23.8 Å². The fraction of sp³-hybridized carbons (Fsp3) is 0.656. The highest BCUT2D eigenvalue weighted by atomic mass is 16.7. The number of aryl methyl sites for hydroxylation is 1. The van der Waals surface area contributed by atoms with Gasteiger partial charge in [0, 0.05) is 69.4 Å². The first-order chi connectivity index (χ1) is 38.9. The van der Waals surface area contributed by atoms with Crippen molar-refractivity contribution in [3.8, 4) is 11.5 Å². The van der Waals surface area contributed by atoms with Gasteiger partial charge in [-0.1, -0.05) is 82.2 Å². The van der Waals surface area contributed by atoms with Crippen LogP contribution in [0.3, 0.4) is 0 Å². The van der Waals surface area contributed by atoms with Crippen molar-refractivity contribution in [1.82, 2.24) is 0 Å². The van der Waals surface area contributed by atoms with E-state index in [0.717, 1.165) is 23.1 Å². The third kappa shape index (κ3) is 13.6. The quantitative estimate of drug-likeness (QED) is 0.122. The number of rotatable bonds is 11. The fourth-order valence-corrected chi connectivity index (χ4v) is 12.7. The van der Waals surface area contributed by atoms with E-state index in [1.54, 1.807) is 47.1 Å². The second kappa shape index (κ2) is 26.8. The number of aliphatic hydroxyl groups is 3. The second-order valence-electron chi connectivity index (χ2n) is 23.9. The highest BCUT2D eigenvalue weighted by Crippen LogP contribution is 2.47. The third-order valence-electron chi connectivity index (χ3n) is 17.6. The van der Waals surface area contributed by atoms with Gasteiger partial charge in [0.05, 0.1) is 56.4 Å². The minimum absolute atomic E-state index is 0.0317. The van der Waals surface area contributed by atoms with Crippen LogP contribution in [0.15, 0.2) is 92.2 Å². The highest BCUT2D eigenvalue weighted by Gasteiger charge is 2.60. The topological polar surface area (TPSA) is 230 Å². The summed E-state index contributed by atoms with van der Waals surface area (Å²) in [4.78, 5) is 26.4. The van der Waals surface area contributed by atoms with Gasteiger partial charge in [-0.25, -0.2) is 0 Å². The number of phenols is 1. The van der Waals surface area contributed by atoms with E-state index in [1.807, 2.05) is 52.0 Å². The Morgan fingerprint density at radius 1 is 0.878 bits per heavy atom. The van der Waals surface area contributed by atoms with Crippen LogP contribution in [0, 0.1) is 30.6 Å². The van der Waals surface area contributed by atoms with Crippen molar-refractivity contribution in [1.29, 1.82) is 0 Å². The van der Waals surface area contributed by atoms with E-state index in [4.69, 9.17) is 56.5 Å². The molecule has 6 aliphatic heterocycles. The van der Waals surface area contributed by atoms with Gasteiger partial charge in [-0.3, -0.25) is 9.59 Å². The van der Waals surface area contributed by atoms with Gasteiger partial charge in [-0.15, -0.1) is 0 Å². The molecule has 2 aromatic rings. The molecule has 2 bridgehead atoms. The fourth-order valence-electron chi connectivity index (χ4n) is 12.7. The van der Waals surface area contributed by atoms with E-state index in [9.17, 15) is 30.0 Å². The number of hydrogen-bond acceptors (Lipinski definition) is 18. The van der Waals surface area contributed by atoms with E-state index in [0.29, 0.717) is 66.8 Å². The van der Waals surface area contributed by atoms with Crippen LogP contribution in [-0.2, 0) is 58.6 Å². The summed E-state index contributed by atoms with van der Waals surface area (Å²) in [5.74, 6) is -1.66. The molecule has 4 fully saturated rings. The Morgan fingerprint density at radius 2 is 1.59 bits per heavy atom. The summed E-state index contributed by atoms with van der Waals surface area (Å²) in [5.41, 5.74) is 2.20. The summed E-state index contributed by atoms with van der Waals surface area (Å²) in [6.07, 6.45) is 11.1. The molecule has 18 heteroatoms. The smallest absolute Gasteiger partial charge is 0.316 e. The summed E-state index contributed by atoms with van der Waals surface area (Å²) < 4.78 is 74.6. The SMILES string of the molecule is CCC(C)C1OC2(C=CC1C)CC1CC(CC=C(C)C(OC3CC(OC)C(OC4CC(OC)C(O)C(C)O4)C(C)O3)C(C)C=CC=C3COC4C(O)C(C)=CC(C(=O)O1)C34O)O2.COc1cc(O)c2c(=O)cc(C)oc2c1CC=C(C)C. The Balaban J connectivity index is 0.000000370. The number of carbonyl (C=O) groups is 1. The number of fused-ring (bicyclic) bond motifs is 3. The zero-order valence-electron chi connectivity index (χ0n) is 50.3. The van der Waals surface area contributed by atoms with E-state index in [-0.39, 0.29) is 59.2 Å². The number of phenolic OH excluding ortho intramolecular Hbond substituents is 1. The molecule has 1 aliphatic carbocycles. The molecule has 1 spiro atoms. The summed E-state index contributed by atoms with van der Waals surface area (Å²) >= 11 is 0. The molecule has 1 aromatic heterocycles. The van der Waals surface area contributed by atoms with Crippen LogP contribution >= 0.6 is 0 Å². The second-order valence-corrected chi connectivity index (χ2v) is 23.9. The van der Waals surface area contributed by atoms with Gasteiger partial charge in [0.2, 0.25) is 0 Å². The predicted octanol–water partition coefficient (Wildman–Crippen LogP) is 8.70. The Hall–Kier alpha value is -4.54. The average molecular weight is 1150 g/mol. The van der Waals surface area contributed by atoms with E-state index >= 15 is 0 Å².